The number of unbranched alkanes of at least 4 members (excludes halogenated alkanes) is 1. The molecule has 0 aromatic heterocycles. The van der Waals surface area contributed by atoms with Crippen molar-refractivity contribution >= 4 is 33.2 Å². The van der Waals surface area contributed by atoms with E-state index in [9.17, 15) is 14.9 Å². The van der Waals surface area contributed by atoms with E-state index in [4.69, 9.17) is 0 Å². The lowest BCUT2D eigenvalue weighted by atomic mass is 10.1. The second-order valence-corrected chi connectivity index (χ2v) is 6.42. The third-order valence-electron chi connectivity index (χ3n) is 3.70. The van der Waals surface area contributed by atoms with Gasteiger partial charge in [0.25, 0.3) is 5.69 Å². The number of carbonyl (C=O) groups excluding carboxylic acids is 1. The summed E-state index contributed by atoms with van der Waals surface area (Å²) in [7, 11) is 0. The molecule has 1 amide bonds. The highest BCUT2D eigenvalue weighted by molar-refractivity contribution is 9.10. The van der Waals surface area contributed by atoms with E-state index in [0.717, 1.165) is 24.9 Å². The monoisotopic (exact) mass is 405 g/mol. The molecule has 0 bridgehead atoms. The first kappa shape index (κ1) is 19.1. The highest BCUT2D eigenvalue weighted by atomic mass is 79.9. The molecular weight excluding hydrogens is 386 g/mol. The Hall–Kier alpha value is -2.25. The maximum absolute atomic E-state index is 12.7. The Morgan fingerprint density at radius 2 is 1.96 bits per heavy atom. The summed E-state index contributed by atoms with van der Waals surface area (Å²) in [4.78, 5) is 23.1. The van der Waals surface area contributed by atoms with E-state index >= 15 is 0 Å². The number of hydrogen-bond donors (Lipinski definition) is 2. The van der Waals surface area contributed by atoms with Gasteiger partial charge in [-0.05, 0) is 40.5 Å². The number of nitro groups is 1. The zero-order valence-corrected chi connectivity index (χ0v) is 15.5. The van der Waals surface area contributed by atoms with Crippen LogP contribution >= 0.6 is 15.9 Å². The predicted molar refractivity (Wildman–Crippen MR) is 102 cm³/mol. The van der Waals surface area contributed by atoms with Crippen molar-refractivity contribution in [2.45, 2.75) is 25.8 Å². The molecule has 0 spiro atoms. The van der Waals surface area contributed by atoms with Crippen LogP contribution in [-0.4, -0.2) is 17.4 Å². The van der Waals surface area contributed by atoms with Gasteiger partial charge in [0.15, 0.2) is 0 Å². The zero-order valence-electron chi connectivity index (χ0n) is 13.9. The number of halogens is 1. The van der Waals surface area contributed by atoms with Crippen LogP contribution in [0.5, 0.6) is 0 Å². The Labute approximate surface area is 154 Å². The minimum absolute atomic E-state index is 0.0365. The Kier molecular flexibility index (Phi) is 7.09. The molecule has 0 fully saturated rings. The molecule has 7 heteroatoms. The van der Waals surface area contributed by atoms with Gasteiger partial charge in [-0.3, -0.25) is 14.9 Å². The summed E-state index contributed by atoms with van der Waals surface area (Å²) >= 11 is 3.27. The molecule has 0 aliphatic carbocycles. The third kappa shape index (κ3) is 5.37. The second kappa shape index (κ2) is 9.29. The van der Waals surface area contributed by atoms with Crippen LogP contribution in [0, 0.1) is 10.1 Å². The fourth-order valence-corrected chi connectivity index (χ4v) is 2.82. The zero-order chi connectivity index (χ0) is 18.2. The van der Waals surface area contributed by atoms with Crippen molar-refractivity contribution in [1.82, 2.24) is 5.32 Å². The van der Waals surface area contributed by atoms with Gasteiger partial charge in [0, 0.05) is 16.6 Å². The average Bonchev–Trinajstić information content (AvgIpc) is 2.61. The number of nitrogens with zero attached hydrogens (tertiary/aromatic N) is 1. The summed E-state index contributed by atoms with van der Waals surface area (Å²) in [5, 5.41) is 16.9. The first-order chi connectivity index (χ1) is 12.0. The van der Waals surface area contributed by atoms with E-state index in [1.807, 2.05) is 30.3 Å². The largest absolute Gasteiger partial charge is 0.323 e. The van der Waals surface area contributed by atoms with E-state index in [1.165, 1.54) is 18.2 Å². The fourth-order valence-electron chi connectivity index (χ4n) is 2.35. The van der Waals surface area contributed by atoms with E-state index in [2.05, 4.69) is 33.5 Å². The van der Waals surface area contributed by atoms with E-state index < -0.39 is 11.0 Å². The van der Waals surface area contributed by atoms with E-state index in [0.29, 0.717) is 10.2 Å². The van der Waals surface area contributed by atoms with Gasteiger partial charge in [0.2, 0.25) is 5.91 Å². The summed E-state index contributed by atoms with van der Waals surface area (Å²) in [5.74, 6) is -0.211. The number of amides is 1. The molecule has 0 aliphatic heterocycles. The Bertz CT molecular complexity index is 738. The van der Waals surface area contributed by atoms with Gasteiger partial charge in [-0.1, -0.05) is 43.7 Å². The molecule has 2 rings (SSSR count). The van der Waals surface area contributed by atoms with Gasteiger partial charge in [0.1, 0.15) is 6.04 Å². The summed E-state index contributed by atoms with van der Waals surface area (Å²) in [6.07, 6.45) is 2.00. The first-order valence-electron chi connectivity index (χ1n) is 8.06. The molecule has 0 saturated carbocycles. The Morgan fingerprint density at radius 1 is 1.24 bits per heavy atom. The Balaban J connectivity index is 2.17. The van der Waals surface area contributed by atoms with Gasteiger partial charge >= 0.3 is 0 Å². The molecule has 0 unspecified atom stereocenters. The SMILES string of the molecule is CCCCN[C@H](C(=O)Nc1ccc([N+](=O)[O-])cc1Br)c1ccccc1. The third-order valence-corrected chi connectivity index (χ3v) is 4.35. The maximum atomic E-state index is 12.7. The number of benzene rings is 2. The van der Waals surface area contributed by atoms with Crippen LogP contribution in [0.2, 0.25) is 0 Å². The lowest BCUT2D eigenvalue weighted by molar-refractivity contribution is -0.384. The molecule has 6 nitrogen and oxygen atoms in total. The minimum atomic E-state index is -0.491. The van der Waals surface area contributed by atoms with Gasteiger partial charge in [0.05, 0.1) is 10.6 Å². The van der Waals surface area contributed by atoms with Crippen LogP contribution < -0.4 is 10.6 Å². The van der Waals surface area contributed by atoms with Gasteiger partial charge < -0.3 is 10.6 Å². The number of carbonyl (C=O) groups is 1. The normalized spacial score (nSPS) is 11.8. The topological polar surface area (TPSA) is 84.3 Å². The van der Waals surface area contributed by atoms with Crippen molar-refractivity contribution in [3.63, 3.8) is 0 Å². The van der Waals surface area contributed by atoms with Crippen molar-refractivity contribution in [3.8, 4) is 0 Å². The number of non-ortho nitro benzene ring substituents is 1. The standard InChI is InChI=1S/C18H20BrN3O3/c1-2-3-11-20-17(13-7-5-4-6-8-13)18(23)21-16-10-9-14(22(24)25)12-15(16)19/h4-10,12,17,20H,2-3,11H2,1H3,(H,21,23)/t17-/m0/s1. The smallest absolute Gasteiger partial charge is 0.270 e. The van der Waals surface area contributed by atoms with Crippen LogP contribution in [0.4, 0.5) is 11.4 Å². The summed E-state index contributed by atoms with van der Waals surface area (Å²) in [6, 6.07) is 13.2. The molecule has 1 atom stereocenters. The minimum Gasteiger partial charge on any atom is -0.323 e. The van der Waals surface area contributed by atoms with Crippen LogP contribution in [0.15, 0.2) is 53.0 Å². The molecule has 2 aromatic rings. The van der Waals surface area contributed by atoms with Crippen LogP contribution in [-0.2, 0) is 4.79 Å². The molecule has 0 aliphatic rings. The van der Waals surface area contributed by atoms with Crippen molar-refractivity contribution < 1.29 is 9.72 Å². The van der Waals surface area contributed by atoms with Crippen LogP contribution in [0.25, 0.3) is 0 Å². The van der Waals surface area contributed by atoms with Gasteiger partial charge in [-0.2, -0.15) is 0 Å². The van der Waals surface area contributed by atoms with Crippen LogP contribution in [0.1, 0.15) is 31.4 Å². The maximum Gasteiger partial charge on any atom is 0.270 e. The van der Waals surface area contributed by atoms with Crippen molar-refractivity contribution in [1.29, 1.82) is 0 Å². The molecule has 2 aromatic carbocycles. The highest BCUT2D eigenvalue weighted by Crippen LogP contribution is 2.28. The second-order valence-electron chi connectivity index (χ2n) is 5.56. The number of rotatable bonds is 8. The molecule has 0 saturated heterocycles. The van der Waals surface area contributed by atoms with Crippen molar-refractivity contribution in [2.24, 2.45) is 0 Å². The van der Waals surface area contributed by atoms with Crippen molar-refractivity contribution in [3.05, 3.63) is 68.7 Å². The molecular formula is C18H20BrN3O3. The highest BCUT2D eigenvalue weighted by Gasteiger charge is 2.21. The predicted octanol–water partition coefficient (Wildman–Crippen LogP) is 4.43. The average molecular weight is 406 g/mol. The molecule has 25 heavy (non-hydrogen) atoms. The Morgan fingerprint density at radius 3 is 2.56 bits per heavy atom. The lowest BCUT2D eigenvalue weighted by Gasteiger charge is -2.19. The number of nitro benzene ring substituents is 1. The van der Waals surface area contributed by atoms with E-state index in [1.54, 1.807) is 0 Å². The number of nitrogens with one attached hydrogen (secondary N) is 2. The fraction of sp³-hybridized carbons (Fsp3) is 0.278. The summed E-state index contributed by atoms with van der Waals surface area (Å²) in [6.45, 7) is 2.82. The quantitative estimate of drug-likeness (QED) is 0.386. The van der Waals surface area contributed by atoms with Gasteiger partial charge in [-0.15, -0.1) is 0 Å². The summed E-state index contributed by atoms with van der Waals surface area (Å²) in [5.41, 5.74) is 1.33. The molecule has 132 valence electrons. The number of anilines is 1. The van der Waals surface area contributed by atoms with Crippen LogP contribution in [0.3, 0.4) is 0 Å². The summed E-state index contributed by atoms with van der Waals surface area (Å²) < 4.78 is 0.468. The van der Waals surface area contributed by atoms with Crippen molar-refractivity contribution in [2.75, 3.05) is 11.9 Å². The molecule has 2 N–H and O–H groups in total. The first-order valence-corrected chi connectivity index (χ1v) is 8.85. The van der Waals surface area contributed by atoms with E-state index in [-0.39, 0.29) is 11.6 Å². The lowest BCUT2D eigenvalue weighted by Crippen LogP contribution is -2.33. The number of hydrogen-bond acceptors (Lipinski definition) is 4. The molecule has 0 radical (unpaired) electrons. The molecule has 0 heterocycles. The van der Waals surface area contributed by atoms with Gasteiger partial charge in [-0.25, -0.2) is 0 Å².